The first kappa shape index (κ1) is 15.6. The van der Waals surface area contributed by atoms with E-state index in [1.54, 1.807) is 0 Å². The summed E-state index contributed by atoms with van der Waals surface area (Å²) < 4.78 is 6.40. The van der Waals surface area contributed by atoms with Crippen LogP contribution in [0.5, 0.6) is 0 Å². The van der Waals surface area contributed by atoms with Crippen LogP contribution in [0.1, 0.15) is 65.2 Å². The SMILES string of the molecule is C=C(C)[C@@H]1CC[C@]2(CCC3=C(C[C@H](C(=C)C)CC3)O2)C(=O)C1. The monoisotopic (exact) mass is 300 g/mol. The predicted octanol–water partition coefficient (Wildman–Crippen LogP) is 5.11. The van der Waals surface area contributed by atoms with E-state index < -0.39 is 5.60 Å². The van der Waals surface area contributed by atoms with Crippen molar-refractivity contribution in [3.8, 4) is 0 Å². The van der Waals surface area contributed by atoms with Gasteiger partial charge in [-0.05, 0) is 69.8 Å². The third kappa shape index (κ3) is 2.68. The number of ether oxygens (including phenoxy) is 1. The third-order valence-corrected chi connectivity index (χ3v) is 6.00. The zero-order valence-corrected chi connectivity index (χ0v) is 14.0. The predicted molar refractivity (Wildman–Crippen MR) is 89.4 cm³/mol. The number of hydrogen-bond acceptors (Lipinski definition) is 2. The van der Waals surface area contributed by atoms with Gasteiger partial charge in [0.2, 0.25) is 0 Å². The van der Waals surface area contributed by atoms with Crippen LogP contribution >= 0.6 is 0 Å². The summed E-state index contributed by atoms with van der Waals surface area (Å²) in [6, 6.07) is 0. The Balaban J connectivity index is 1.76. The fourth-order valence-corrected chi connectivity index (χ4v) is 4.25. The summed E-state index contributed by atoms with van der Waals surface area (Å²) in [7, 11) is 0. The van der Waals surface area contributed by atoms with Crippen molar-refractivity contribution in [2.45, 2.75) is 70.8 Å². The van der Waals surface area contributed by atoms with Gasteiger partial charge >= 0.3 is 0 Å². The Morgan fingerprint density at radius 1 is 1.05 bits per heavy atom. The topological polar surface area (TPSA) is 26.3 Å². The molecular formula is C20H28O2. The van der Waals surface area contributed by atoms with E-state index in [2.05, 4.69) is 20.1 Å². The summed E-state index contributed by atoms with van der Waals surface area (Å²) in [5.41, 5.74) is 3.31. The van der Waals surface area contributed by atoms with Gasteiger partial charge in [0, 0.05) is 12.8 Å². The van der Waals surface area contributed by atoms with E-state index in [4.69, 9.17) is 4.74 Å². The average molecular weight is 300 g/mol. The van der Waals surface area contributed by atoms with E-state index in [1.807, 2.05) is 6.92 Å². The highest BCUT2D eigenvalue weighted by atomic mass is 16.5. The fourth-order valence-electron chi connectivity index (χ4n) is 4.25. The van der Waals surface area contributed by atoms with Crippen LogP contribution in [0.25, 0.3) is 0 Å². The van der Waals surface area contributed by atoms with Crippen LogP contribution in [0, 0.1) is 11.8 Å². The van der Waals surface area contributed by atoms with Gasteiger partial charge < -0.3 is 4.74 Å². The highest BCUT2D eigenvalue weighted by molar-refractivity contribution is 5.89. The van der Waals surface area contributed by atoms with E-state index >= 15 is 0 Å². The van der Waals surface area contributed by atoms with Crippen molar-refractivity contribution in [3.05, 3.63) is 35.6 Å². The van der Waals surface area contributed by atoms with Gasteiger partial charge in [-0.2, -0.15) is 0 Å². The van der Waals surface area contributed by atoms with Gasteiger partial charge in [-0.3, -0.25) is 4.79 Å². The Morgan fingerprint density at radius 2 is 1.73 bits per heavy atom. The molecular weight excluding hydrogens is 272 g/mol. The minimum absolute atomic E-state index is 0.302. The van der Waals surface area contributed by atoms with Gasteiger partial charge in [-0.15, -0.1) is 0 Å². The summed E-state index contributed by atoms with van der Waals surface area (Å²) >= 11 is 0. The molecule has 1 saturated carbocycles. The van der Waals surface area contributed by atoms with E-state index in [-0.39, 0.29) is 0 Å². The highest BCUT2D eigenvalue weighted by Gasteiger charge is 2.47. The molecule has 0 amide bonds. The Bertz CT molecular complexity index is 554. The van der Waals surface area contributed by atoms with Crippen molar-refractivity contribution < 1.29 is 9.53 Å². The van der Waals surface area contributed by atoms with Crippen molar-refractivity contribution in [2.75, 3.05) is 0 Å². The number of allylic oxidation sites excluding steroid dienone is 4. The Labute approximate surface area is 134 Å². The number of ketones is 1. The van der Waals surface area contributed by atoms with Gasteiger partial charge in [0.25, 0.3) is 0 Å². The second-order valence-corrected chi connectivity index (χ2v) is 7.62. The van der Waals surface area contributed by atoms with Crippen molar-refractivity contribution >= 4 is 5.78 Å². The lowest BCUT2D eigenvalue weighted by Crippen LogP contribution is -2.48. The second kappa shape index (κ2) is 5.72. The Hall–Kier alpha value is -1.31. The van der Waals surface area contributed by atoms with E-state index in [9.17, 15) is 4.79 Å². The molecule has 3 aliphatic rings. The molecule has 0 aromatic rings. The van der Waals surface area contributed by atoms with Gasteiger partial charge in [-0.25, -0.2) is 0 Å². The molecule has 1 aliphatic heterocycles. The quantitative estimate of drug-likeness (QED) is 0.662. The van der Waals surface area contributed by atoms with Gasteiger partial charge in [0.1, 0.15) is 0 Å². The summed E-state index contributed by atoms with van der Waals surface area (Å²) in [4.78, 5) is 12.8. The van der Waals surface area contributed by atoms with Crippen molar-refractivity contribution in [1.29, 1.82) is 0 Å². The minimum atomic E-state index is -0.526. The number of hydrogen-bond donors (Lipinski definition) is 0. The van der Waals surface area contributed by atoms with Gasteiger partial charge in [0.05, 0.1) is 5.76 Å². The first-order chi connectivity index (χ1) is 10.4. The summed E-state index contributed by atoms with van der Waals surface area (Å²) in [6.45, 7) is 12.3. The zero-order chi connectivity index (χ0) is 15.9. The van der Waals surface area contributed by atoms with Crippen LogP contribution in [0.4, 0.5) is 0 Å². The first-order valence-electron chi connectivity index (χ1n) is 8.65. The number of carbonyl (C=O) groups excluding carboxylic acids is 1. The van der Waals surface area contributed by atoms with E-state index in [0.29, 0.717) is 24.0 Å². The lowest BCUT2D eigenvalue weighted by atomic mass is 9.71. The van der Waals surface area contributed by atoms with E-state index in [1.165, 1.54) is 17.6 Å². The summed E-state index contributed by atoms with van der Waals surface area (Å²) in [6.07, 6.45) is 7.69. The summed E-state index contributed by atoms with van der Waals surface area (Å²) in [5, 5.41) is 0. The average Bonchev–Trinajstić information content (AvgIpc) is 2.49. The van der Waals surface area contributed by atoms with Crippen LogP contribution in [-0.4, -0.2) is 11.4 Å². The molecule has 2 heteroatoms. The highest BCUT2D eigenvalue weighted by Crippen LogP contribution is 2.47. The van der Waals surface area contributed by atoms with Crippen LogP contribution in [0.3, 0.4) is 0 Å². The van der Waals surface area contributed by atoms with Crippen molar-refractivity contribution in [2.24, 2.45) is 11.8 Å². The summed E-state index contributed by atoms with van der Waals surface area (Å²) in [5.74, 6) is 2.30. The molecule has 3 rings (SSSR count). The normalized spacial score (nSPS) is 35.1. The smallest absolute Gasteiger partial charge is 0.176 e. The van der Waals surface area contributed by atoms with Gasteiger partial charge in [0.15, 0.2) is 11.4 Å². The standard InChI is InChI=1S/C20H28O2/c1-13(2)16-6-5-15-7-9-20(22-18(15)11-16)10-8-17(14(3)4)12-19(20)21/h16-17H,1,3,5-12H2,2,4H3/t16-,17-,20-/m1/s1. The largest absolute Gasteiger partial charge is 0.484 e. The molecule has 1 heterocycles. The molecule has 0 radical (unpaired) electrons. The lowest BCUT2D eigenvalue weighted by Gasteiger charge is -2.45. The molecule has 2 nitrogen and oxygen atoms in total. The minimum Gasteiger partial charge on any atom is -0.484 e. The number of carbonyl (C=O) groups is 1. The molecule has 3 atom stereocenters. The number of Topliss-reactive ketones (excluding diaryl/α,β-unsaturated/α-hetero) is 1. The molecule has 1 spiro atoms. The molecule has 0 bridgehead atoms. The van der Waals surface area contributed by atoms with Crippen molar-refractivity contribution in [1.82, 2.24) is 0 Å². The van der Waals surface area contributed by atoms with Crippen molar-refractivity contribution in [3.63, 3.8) is 0 Å². The van der Waals surface area contributed by atoms with Crippen LogP contribution < -0.4 is 0 Å². The Kier molecular flexibility index (Phi) is 4.05. The van der Waals surface area contributed by atoms with Crippen LogP contribution in [-0.2, 0) is 9.53 Å². The first-order valence-corrected chi connectivity index (χ1v) is 8.65. The number of rotatable bonds is 2. The molecule has 120 valence electrons. The lowest BCUT2D eigenvalue weighted by molar-refractivity contribution is -0.149. The molecule has 0 unspecified atom stereocenters. The van der Waals surface area contributed by atoms with Gasteiger partial charge in [-0.1, -0.05) is 24.3 Å². The molecule has 0 aromatic heterocycles. The van der Waals surface area contributed by atoms with Crippen LogP contribution in [0.2, 0.25) is 0 Å². The molecule has 22 heavy (non-hydrogen) atoms. The molecule has 0 aromatic carbocycles. The fraction of sp³-hybridized carbons (Fsp3) is 0.650. The molecule has 0 N–H and O–H groups in total. The van der Waals surface area contributed by atoms with Crippen LogP contribution in [0.15, 0.2) is 35.6 Å². The third-order valence-electron chi connectivity index (χ3n) is 6.00. The second-order valence-electron chi connectivity index (χ2n) is 7.62. The maximum atomic E-state index is 12.8. The zero-order valence-electron chi connectivity index (χ0n) is 14.0. The van der Waals surface area contributed by atoms with E-state index in [0.717, 1.165) is 49.9 Å². The molecule has 1 fully saturated rings. The maximum absolute atomic E-state index is 12.8. The maximum Gasteiger partial charge on any atom is 0.176 e. The Morgan fingerprint density at radius 3 is 2.36 bits per heavy atom. The molecule has 0 saturated heterocycles. The molecule has 2 aliphatic carbocycles.